The van der Waals surface area contributed by atoms with Crippen molar-refractivity contribution in [3.05, 3.63) is 45.6 Å². The van der Waals surface area contributed by atoms with Crippen LogP contribution in [0.15, 0.2) is 41.3 Å². The molecule has 2 nitrogen and oxygen atoms in total. The van der Waals surface area contributed by atoms with Gasteiger partial charge in [0.05, 0.1) is 9.21 Å². The number of halogens is 1. The minimum Gasteiger partial charge on any atom is -0.480 e. The molecule has 5 heteroatoms. The Hall–Kier alpha value is -0.970. The lowest BCUT2D eigenvalue weighted by Gasteiger charge is -2.23. The Labute approximate surface area is 118 Å². The molecule has 0 saturated heterocycles. The van der Waals surface area contributed by atoms with Crippen molar-refractivity contribution in [2.24, 2.45) is 0 Å². The van der Waals surface area contributed by atoms with Crippen molar-refractivity contribution in [3.8, 4) is 5.75 Å². The van der Waals surface area contributed by atoms with E-state index < -0.39 is 6.10 Å². The van der Waals surface area contributed by atoms with Gasteiger partial charge in [0.15, 0.2) is 6.10 Å². The summed E-state index contributed by atoms with van der Waals surface area (Å²) in [5.41, 5.74) is 0. The highest BCUT2D eigenvalue weighted by Gasteiger charge is 2.28. The third-order valence-corrected chi connectivity index (χ3v) is 4.98. The maximum atomic E-state index is 12.2. The van der Waals surface area contributed by atoms with Crippen molar-refractivity contribution >= 4 is 40.5 Å². The number of ether oxygens (including phenoxy) is 1. The first-order valence-electron chi connectivity index (χ1n) is 5.42. The molecule has 92 valence electrons. The maximum Gasteiger partial charge on any atom is 0.214 e. The lowest BCUT2D eigenvalue weighted by Crippen LogP contribution is -2.31. The van der Waals surface area contributed by atoms with E-state index in [1.165, 1.54) is 11.3 Å². The topological polar surface area (TPSA) is 26.3 Å². The summed E-state index contributed by atoms with van der Waals surface area (Å²) in [5, 5.41) is 0. The van der Waals surface area contributed by atoms with Crippen molar-refractivity contribution in [3.63, 3.8) is 0 Å². The fourth-order valence-electron chi connectivity index (χ4n) is 1.75. The molecule has 0 radical (unpaired) electrons. The van der Waals surface area contributed by atoms with Gasteiger partial charge in [-0.25, -0.2) is 0 Å². The Morgan fingerprint density at radius 3 is 2.89 bits per heavy atom. The smallest absolute Gasteiger partial charge is 0.214 e. The first-order valence-corrected chi connectivity index (χ1v) is 7.60. The number of hydrogen-bond donors (Lipinski definition) is 0. The Morgan fingerprint density at radius 1 is 1.28 bits per heavy atom. The van der Waals surface area contributed by atoms with E-state index >= 15 is 0 Å². The quantitative estimate of drug-likeness (QED) is 0.779. The van der Waals surface area contributed by atoms with Crippen molar-refractivity contribution in [2.75, 3.05) is 5.75 Å². The zero-order valence-corrected chi connectivity index (χ0v) is 11.6. The normalized spacial score (nSPS) is 17.9. The molecule has 0 saturated carbocycles. The average molecular weight is 297 g/mol. The largest absolute Gasteiger partial charge is 0.480 e. The standard InChI is InChI=1S/C13H9ClO2S2/c14-12-6-5-11(18-12)13(15)9-7-17-10-4-2-1-3-8(10)16-9/h1-6,9H,7H2. The number of rotatable bonds is 2. The summed E-state index contributed by atoms with van der Waals surface area (Å²) in [7, 11) is 0. The first kappa shape index (κ1) is 12.1. The molecule has 1 aromatic carbocycles. The van der Waals surface area contributed by atoms with E-state index in [9.17, 15) is 4.79 Å². The monoisotopic (exact) mass is 296 g/mol. The Morgan fingerprint density at radius 2 is 2.11 bits per heavy atom. The number of para-hydroxylation sites is 1. The zero-order valence-electron chi connectivity index (χ0n) is 9.26. The molecule has 0 amide bonds. The first-order chi connectivity index (χ1) is 8.74. The van der Waals surface area contributed by atoms with Crippen molar-refractivity contribution in [2.45, 2.75) is 11.0 Å². The van der Waals surface area contributed by atoms with Crippen LogP contribution in [0.1, 0.15) is 9.67 Å². The molecule has 3 rings (SSSR count). The second-order valence-electron chi connectivity index (χ2n) is 3.83. The van der Waals surface area contributed by atoms with Gasteiger partial charge >= 0.3 is 0 Å². The van der Waals surface area contributed by atoms with Crippen LogP contribution in [-0.4, -0.2) is 17.6 Å². The van der Waals surface area contributed by atoms with Crippen molar-refractivity contribution in [1.29, 1.82) is 0 Å². The van der Waals surface area contributed by atoms with E-state index in [-0.39, 0.29) is 5.78 Å². The van der Waals surface area contributed by atoms with Gasteiger partial charge in [-0.3, -0.25) is 4.79 Å². The summed E-state index contributed by atoms with van der Waals surface area (Å²) >= 11 is 8.79. The fourth-order valence-corrected chi connectivity index (χ4v) is 3.76. The van der Waals surface area contributed by atoms with Gasteiger partial charge in [-0.1, -0.05) is 23.7 Å². The number of thiophene rings is 1. The van der Waals surface area contributed by atoms with Gasteiger partial charge in [-0.2, -0.15) is 0 Å². The Kier molecular flexibility index (Phi) is 3.33. The van der Waals surface area contributed by atoms with E-state index in [1.54, 1.807) is 23.9 Å². The molecule has 1 unspecified atom stereocenters. The Balaban J connectivity index is 1.82. The summed E-state index contributed by atoms with van der Waals surface area (Å²) in [6.07, 6.45) is -0.417. The average Bonchev–Trinajstić information content (AvgIpc) is 2.84. The van der Waals surface area contributed by atoms with Gasteiger partial charge in [-0.05, 0) is 24.3 Å². The fraction of sp³-hybridized carbons (Fsp3) is 0.154. The molecule has 1 aliphatic heterocycles. The van der Waals surface area contributed by atoms with Crippen LogP contribution >= 0.6 is 34.7 Å². The van der Waals surface area contributed by atoms with Crippen LogP contribution in [0.3, 0.4) is 0 Å². The molecule has 18 heavy (non-hydrogen) atoms. The van der Waals surface area contributed by atoms with Crippen LogP contribution < -0.4 is 4.74 Å². The molecule has 2 aromatic rings. The van der Waals surface area contributed by atoms with Crippen LogP contribution in [0.2, 0.25) is 4.34 Å². The van der Waals surface area contributed by atoms with Gasteiger partial charge in [0.2, 0.25) is 5.78 Å². The molecule has 0 fully saturated rings. The summed E-state index contributed by atoms with van der Waals surface area (Å²) in [5.74, 6) is 1.44. The minimum absolute atomic E-state index is 0.00824. The van der Waals surface area contributed by atoms with Crippen LogP contribution in [0.25, 0.3) is 0 Å². The molecular weight excluding hydrogens is 288 g/mol. The van der Waals surface area contributed by atoms with Crippen LogP contribution in [0.4, 0.5) is 0 Å². The highest BCUT2D eigenvalue weighted by Crippen LogP contribution is 2.36. The van der Waals surface area contributed by atoms with E-state index in [2.05, 4.69) is 0 Å². The van der Waals surface area contributed by atoms with Gasteiger partial charge in [0.25, 0.3) is 0 Å². The molecule has 1 atom stereocenters. The highest BCUT2D eigenvalue weighted by molar-refractivity contribution is 7.99. The third kappa shape index (κ3) is 2.28. The lowest BCUT2D eigenvalue weighted by molar-refractivity contribution is 0.0819. The summed E-state index contributed by atoms with van der Waals surface area (Å²) in [4.78, 5) is 14.0. The lowest BCUT2D eigenvalue weighted by atomic mass is 10.2. The second kappa shape index (κ2) is 4.96. The molecule has 1 aromatic heterocycles. The third-order valence-electron chi connectivity index (χ3n) is 2.62. The maximum absolute atomic E-state index is 12.2. The van der Waals surface area contributed by atoms with Crippen molar-refractivity contribution < 1.29 is 9.53 Å². The Bertz CT molecular complexity index is 594. The highest BCUT2D eigenvalue weighted by atomic mass is 35.5. The van der Waals surface area contributed by atoms with Crippen LogP contribution in [0.5, 0.6) is 5.75 Å². The summed E-state index contributed by atoms with van der Waals surface area (Å²) in [6.45, 7) is 0. The van der Waals surface area contributed by atoms with Gasteiger partial charge in [-0.15, -0.1) is 23.1 Å². The molecule has 0 bridgehead atoms. The summed E-state index contributed by atoms with van der Waals surface area (Å²) < 4.78 is 6.38. The number of carbonyl (C=O) groups is 1. The molecule has 1 aliphatic rings. The molecular formula is C13H9ClO2S2. The second-order valence-corrected chi connectivity index (χ2v) is 6.61. The number of benzene rings is 1. The van der Waals surface area contributed by atoms with E-state index in [0.29, 0.717) is 15.0 Å². The van der Waals surface area contributed by atoms with E-state index in [4.69, 9.17) is 16.3 Å². The molecule has 0 aliphatic carbocycles. The number of Topliss-reactive ketones (excluding diaryl/α,β-unsaturated/α-hetero) is 1. The number of fused-ring (bicyclic) bond motifs is 1. The van der Waals surface area contributed by atoms with Crippen LogP contribution in [0, 0.1) is 0 Å². The van der Waals surface area contributed by atoms with Crippen LogP contribution in [-0.2, 0) is 0 Å². The number of hydrogen-bond acceptors (Lipinski definition) is 4. The zero-order chi connectivity index (χ0) is 12.5. The minimum atomic E-state index is -0.417. The molecule has 0 N–H and O–H groups in total. The van der Waals surface area contributed by atoms with Gasteiger partial charge in [0.1, 0.15) is 5.75 Å². The predicted octanol–water partition coefficient (Wildman–Crippen LogP) is 4.14. The summed E-state index contributed by atoms with van der Waals surface area (Å²) in [6, 6.07) is 11.3. The van der Waals surface area contributed by atoms with E-state index in [1.807, 2.05) is 24.3 Å². The SMILES string of the molecule is O=C(c1ccc(Cl)s1)C1CSc2ccccc2O1. The van der Waals surface area contributed by atoms with Gasteiger partial charge < -0.3 is 4.74 Å². The van der Waals surface area contributed by atoms with E-state index in [0.717, 1.165) is 10.6 Å². The molecule has 2 heterocycles. The number of thioether (sulfide) groups is 1. The predicted molar refractivity (Wildman–Crippen MR) is 75.2 cm³/mol. The van der Waals surface area contributed by atoms with Crippen molar-refractivity contribution in [1.82, 2.24) is 0 Å². The van der Waals surface area contributed by atoms with Gasteiger partial charge in [0, 0.05) is 10.6 Å². The molecule has 0 spiro atoms. The number of ketones is 1. The number of carbonyl (C=O) groups excluding carboxylic acids is 1.